The van der Waals surface area contributed by atoms with Gasteiger partial charge in [-0.3, -0.25) is 15.1 Å². The number of hydrazine groups is 1. The van der Waals surface area contributed by atoms with E-state index in [1.807, 2.05) is 40.6 Å². The van der Waals surface area contributed by atoms with Gasteiger partial charge in [-0.1, -0.05) is 41.6 Å². The predicted octanol–water partition coefficient (Wildman–Crippen LogP) is 2.34. The largest absolute Gasteiger partial charge is 0.340 e. The second-order valence-electron chi connectivity index (χ2n) is 8.28. The summed E-state index contributed by atoms with van der Waals surface area (Å²) in [6.45, 7) is 4.99. The molecule has 2 unspecified atom stereocenters. The minimum absolute atomic E-state index is 0.0233. The van der Waals surface area contributed by atoms with Crippen LogP contribution in [-0.2, 0) is 11.2 Å². The Balaban J connectivity index is 1.07. The fourth-order valence-electron chi connectivity index (χ4n) is 4.45. The Kier molecular flexibility index (Phi) is 6.59. The summed E-state index contributed by atoms with van der Waals surface area (Å²) in [6, 6.07) is 14.2. The molecule has 2 atom stereocenters. The van der Waals surface area contributed by atoms with Crippen LogP contribution in [0, 0.1) is 5.92 Å². The highest BCUT2D eigenvalue weighted by molar-refractivity contribution is 7.13. The molecular weight excluding hydrogens is 424 g/mol. The highest BCUT2D eigenvalue weighted by Crippen LogP contribution is 2.27. The molecule has 32 heavy (non-hydrogen) atoms. The van der Waals surface area contributed by atoms with Crippen LogP contribution in [0.2, 0.25) is 0 Å². The molecule has 0 radical (unpaired) electrons. The molecule has 2 N–H and O–H groups in total. The molecule has 0 bridgehead atoms. The normalized spacial score (nSPS) is 21.8. The Hall–Kier alpha value is -2.59. The van der Waals surface area contributed by atoms with Crippen molar-refractivity contribution in [1.82, 2.24) is 30.8 Å². The van der Waals surface area contributed by atoms with Gasteiger partial charge >= 0.3 is 0 Å². The summed E-state index contributed by atoms with van der Waals surface area (Å²) in [5.74, 6) is 1.53. The zero-order chi connectivity index (χ0) is 21.8. The number of hydrogen-bond acceptors (Lipinski definition) is 8. The Bertz CT molecular complexity index is 1000. The molecule has 2 fully saturated rings. The number of hydrogen-bond donors (Lipinski definition) is 2. The van der Waals surface area contributed by atoms with E-state index in [1.54, 1.807) is 11.3 Å². The fraction of sp³-hybridized carbons (Fsp3) is 0.435. The number of carbonyl (C=O) groups is 1. The standard InChI is InChI=1S/C23H28N6O2S/c30-23(18-16-24-26-21(18)17-6-2-1-3-7-17)29-13-11-28(12-14-29)10-4-9-20-25-22(27-31-20)19-8-5-15-32-19/h1-3,5-8,15,18,21,24,26H,4,9-14,16H2. The van der Waals surface area contributed by atoms with E-state index in [0.717, 1.165) is 56.0 Å². The maximum Gasteiger partial charge on any atom is 0.229 e. The van der Waals surface area contributed by atoms with Gasteiger partial charge in [0, 0.05) is 39.1 Å². The lowest BCUT2D eigenvalue weighted by Crippen LogP contribution is -2.51. The third-order valence-electron chi connectivity index (χ3n) is 6.22. The van der Waals surface area contributed by atoms with Crippen molar-refractivity contribution in [2.75, 3.05) is 39.3 Å². The minimum Gasteiger partial charge on any atom is -0.340 e. The Morgan fingerprint density at radius 1 is 1.12 bits per heavy atom. The molecule has 5 rings (SSSR count). The zero-order valence-electron chi connectivity index (χ0n) is 17.9. The summed E-state index contributed by atoms with van der Waals surface area (Å²) in [5.41, 5.74) is 7.61. The number of carbonyl (C=O) groups excluding carboxylic acids is 1. The van der Waals surface area contributed by atoms with Crippen LogP contribution in [-0.4, -0.2) is 65.1 Å². The molecule has 0 spiro atoms. The van der Waals surface area contributed by atoms with Gasteiger partial charge in [-0.15, -0.1) is 11.3 Å². The predicted molar refractivity (Wildman–Crippen MR) is 123 cm³/mol. The SMILES string of the molecule is O=C(C1CNNC1c1ccccc1)N1CCN(CCCc2nc(-c3cccs3)no2)CC1. The van der Waals surface area contributed by atoms with Gasteiger partial charge in [0.1, 0.15) is 0 Å². The number of aromatic nitrogens is 2. The van der Waals surface area contributed by atoms with Crippen molar-refractivity contribution in [1.29, 1.82) is 0 Å². The molecule has 0 saturated carbocycles. The first kappa shape index (κ1) is 21.3. The van der Waals surface area contributed by atoms with Crippen molar-refractivity contribution in [3.05, 3.63) is 59.3 Å². The third-order valence-corrected chi connectivity index (χ3v) is 7.08. The van der Waals surface area contributed by atoms with Crippen LogP contribution >= 0.6 is 11.3 Å². The second kappa shape index (κ2) is 9.91. The summed E-state index contributed by atoms with van der Waals surface area (Å²) in [4.78, 5) is 23.2. The van der Waals surface area contributed by atoms with E-state index >= 15 is 0 Å². The number of nitrogens with zero attached hydrogens (tertiary/aromatic N) is 4. The van der Waals surface area contributed by atoms with Gasteiger partial charge in [0.2, 0.25) is 17.6 Å². The Labute approximate surface area is 191 Å². The van der Waals surface area contributed by atoms with E-state index < -0.39 is 0 Å². The van der Waals surface area contributed by atoms with E-state index in [-0.39, 0.29) is 17.9 Å². The molecule has 168 valence electrons. The highest BCUT2D eigenvalue weighted by Gasteiger charge is 2.37. The highest BCUT2D eigenvalue weighted by atomic mass is 32.1. The average molecular weight is 453 g/mol. The first-order valence-electron chi connectivity index (χ1n) is 11.2. The van der Waals surface area contributed by atoms with Gasteiger partial charge in [-0.05, 0) is 30.0 Å². The first-order chi connectivity index (χ1) is 15.8. The molecule has 1 amide bonds. The number of piperazine rings is 1. The Morgan fingerprint density at radius 3 is 2.75 bits per heavy atom. The van der Waals surface area contributed by atoms with Gasteiger partial charge in [-0.2, -0.15) is 4.98 Å². The van der Waals surface area contributed by atoms with Crippen molar-refractivity contribution in [3.63, 3.8) is 0 Å². The van der Waals surface area contributed by atoms with Crippen LogP contribution in [0.5, 0.6) is 0 Å². The molecule has 1 aromatic carbocycles. The third kappa shape index (κ3) is 4.75. The number of rotatable bonds is 7. The van der Waals surface area contributed by atoms with Gasteiger partial charge in [0.05, 0.1) is 16.8 Å². The number of aryl methyl sites for hydroxylation is 1. The quantitative estimate of drug-likeness (QED) is 0.569. The molecule has 2 saturated heterocycles. The second-order valence-corrected chi connectivity index (χ2v) is 9.23. The van der Waals surface area contributed by atoms with Crippen molar-refractivity contribution < 1.29 is 9.32 Å². The van der Waals surface area contributed by atoms with Crippen LogP contribution in [0.15, 0.2) is 52.4 Å². The summed E-state index contributed by atoms with van der Waals surface area (Å²) >= 11 is 1.61. The van der Waals surface area contributed by atoms with E-state index in [9.17, 15) is 4.79 Å². The number of thiophene rings is 1. The molecule has 4 heterocycles. The Morgan fingerprint density at radius 2 is 1.97 bits per heavy atom. The molecule has 2 aliphatic heterocycles. The van der Waals surface area contributed by atoms with Gasteiger partial charge in [0.25, 0.3) is 0 Å². The fourth-order valence-corrected chi connectivity index (χ4v) is 5.09. The van der Waals surface area contributed by atoms with Crippen molar-refractivity contribution >= 4 is 17.2 Å². The summed E-state index contributed by atoms with van der Waals surface area (Å²) < 4.78 is 5.39. The van der Waals surface area contributed by atoms with Crippen LogP contribution in [0.1, 0.15) is 23.9 Å². The van der Waals surface area contributed by atoms with Crippen molar-refractivity contribution in [3.8, 4) is 10.7 Å². The summed E-state index contributed by atoms with van der Waals surface area (Å²) in [6.07, 6.45) is 1.74. The lowest BCUT2D eigenvalue weighted by Gasteiger charge is -2.36. The van der Waals surface area contributed by atoms with Gasteiger partial charge in [0.15, 0.2) is 0 Å². The zero-order valence-corrected chi connectivity index (χ0v) is 18.8. The molecule has 3 aromatic rings. The topological polar surface area (TPSA) is 86.5 Å². The maximum atomic E-state index is 13.2. The number of nitrogens with one attached hydrogen (secondary N) is 2. The van der Waals surface area contributed by atoms with Gasteiger partial charge < -0.3 is 9.42 Å². The average Bonchev–Trinajstić information content (AvgIpc) is 3.61. The summed E-state index contributed by atoms with van der Waals surface area (Å²) in [7, 11) is 0. The van der Waals surface area contributed by atoms with Crippen LogP contribution in [0.25, 0.3) is 10.7 Å². The molecule has 2 aliphatic rings. The lowest BCUT2D eigenvalue weighted by molar-refractivity contribution is -0.137. The van der Waals surface area contributed by atoms with Crippen LogP contribution < -0.4 is 10.9 Å². The molecule has 2 aromatic heterocycles. The smallest absolute Gasteiger partial charge is 0.229 e. The maximum absolute atomic E-state index is 13.2. The first-order valence-corrected chi connectivity index (χ1v) is 12.1. The number of amides is 1. The van der Waals surface area contributed by atoms with Crippen LogP contribution in [0.3, 0.4) is 0 Å². The van der Waals surface area contributed by atoms with E-state index in [2.05, 4.69) is 38.0 Å². The van der Waals surface area contributed by atoms with Crippen molar-refractivity contribution in [2.45, 2.75) is 18.9 Å². The summed E-state index contributed by atoms with van der Waals surface area (Å²) in [5, 5.41) is 6.09. The molecule has 8 nitrogen and oxygen atoms in total. The monoisotopic (exact) mass is 452 g/mol. The molecular formula is C23H28N6O2S. The minimum atomic E-state index is -0.0704. The van der Waals surface area contributed by atoms with E-state index in [4.69, 9.17) is 4.52 Å². The lowest BCUT2D eigenvalue weighted by atomic mass is 9.93. The van der Waals surface area contributed by atoms with E-state index in [0.29, 0.717) is 18.3 Å². The molecule has 0 aliphatic carbocycles. The van der Waals surface area contributed by atoms with Crippen molar-refractivity contribution in [2.24, 2.45) is 5.92 Å². The van der Waals surface area contributed by atoms with E-state index in [1.165, 1.54) is 0 Å². The van der Waals surface area contributed by atoms with Gasteiger partial charge in [-0.25, -0.2) is 5.43 Å². The number of benzene rings is 1. The molecule has 9 heteroatoms. The van der Waals surface area contributed by atoms with Crippen LogP contribution in [0.4, 0.5) is 0 Å².